The number of ether oxygens (including phenoxy) is 2. The Kier molecular flexibility index (Phi) is 5.41. The Balaban J connectivity index is 2.12. The number of rotatable bonds is 6. The van der Waals surface area contributed by atoms with Gasteiger partial charge in [-0.15, -0.1) is 11.3 Å². The maximum absolute atomic E-state index is 10.5. The molecule has 1 heterocycles. The van der Waals surface area contributed by atoms with E-state index < -0.39 is 5.97 Å². The summed E-state index contributed by atoms with van der Waals surface area (Å²) in [5.41, 5.74) is 0.735. The molecule has 4 nitrogen and oxygen atoms in total. The number of carboxylic acid groups (broad SMARTS) is 1. The topological polar surface area (TPSA) is 55.8 Å². The molecule has 0 spiro atoms. The number of carboxylic acids is 1. The van der Waals surface area contributed by atoms with Crippen molar-refractivity contribution in [1.29, 1.82) is 0 Å². The van der Waals surface area contributed by atoms with Crippen molar-refractivity contribution in [2.45, 2.75) is 6.61 Å². The average molecular weight is 369 g/mol. The van der Waals surface area contributed by atoms with Gasteiger partial charge in [-0.1, -0.05) is 6.07 Å². The SMILES string of the molecule is COc1cc(C=CC(=O)O)ccc1OCc1sccc1Br. The molecule has 21 heavy (non-hydrogen) atoms. The lowest BCUT2D eigenvalue weighted by Crippen LogP contribution is -1.97. The number of methoxy groups -OCH3 is 1. The highest BCUT2D eigenvalue weighted by Gasteiger charge is 2.07. The summed E-state index contributed by atoms with van der Waals surface area (Å²) in [5, 5.41) is 10.6. The molecular weight excluding hydrogens is 356 g/mol. The van der Waals surface area contributed by atoms with Crippen LogP contribution in [-0.2, 0) is 11.4 Å². The van der Waals surface area contributed by atoms with Crippen molar-refractivity contribution in [2.24, 2.45) is 0 Å². The summed E-state index contributed by atoms with van der Waals surface area (Å²) in [4.78, 5) is 11.6. The van der Waals surface area contributed by atoms with E-state index in [2.05, 4.69) is 15.9 Å². The zero-order valence-corrected chi connectivity index (χ0v) is 13.6. The van der Waals surface area contributed by atoms with Gasteiger partial charge in [-0.25, -0.2) is 4.79 Å². The van der Waals surface area contributed by atoms with Crippen LogP contribution in [0, 0.1) is 0 Å². The Hall–Kier alpha value is -1.79. The normalized spacial score (nSPS) is 10.8. The van der Waals surface area contributed by atoms with Crippen molar-refractivity contribution in [3.8, 4) is 11.5 Å². The van der Waals surface area contributed by atoms with Crippen molar-refractivity contribution < 1.29 is 19.4 Å². The summed E-state index contributed by atoms with van der Waals surface area (Å²) in [6.45, 7) is 0.443. The highest BCUT2D eigenvalue weighted by molar-refractivity contribution is 9.10. The summed E-state index contributed by atoms with van der Waals surface area (Å²) in [6, 6.07) is 7.25. The number of hydrogen-bond donors (Lipinski definition) is 1. The molecule has 0 bridgehead atoms. The van der Waals surface area contributed by atoms with Crippen LogP contribution in [0.4, 0.5) is 0 Å². The molecule has 0 saturated heterocycles. The van der Waals surface area contributed by atoms with Gasteiger partial charge in [0.15, 0.2) is 11.5 Å². The lowest BCUT2D eigenvalue weighted by atomic mass is 10.2. The fourth-order valence-corrected chi connectivity index (χ4v) is 3.02. The monoisotopic (exact) mass is 368 g/mol. The van der Waals surface area contributed by atoms with E-state index in [1.165, 1.54) is 6.08 Å². The molecule has 0 amide bonds. The van der Waals surface area contributed by atoms with Gasteiger partial charge in [0, 0.05) is 10.5 Å². The third kappa shape index (κ3) is 4.34. The van der Waals surface area contributed by atoms with Crippen LogP contribution in [0.3, 0.4) is 0 Å². The first kappa shape index (κ1) is 15.6. The van der Waals surface area contributed by atoms with E-state index in [9.17, 15) is 4.79 Å². The highest BCUT2D eigenvalue weighted by atomic mass is 79.9. The minimum absolute atomic E-state index is 0.443. The Morgan fingerprint density at radius 3 is 2.81 bits per heavy atom. The van der Waals surface area contributed by atoms with Crippen molar-refractivity contribution in [1.82, 2.24) is 0 Å². The van der Waals surface area contributed by atoms with Gasteiger partial charge in [0.05, 0.1) is 12.0 Å². The molecule has 1 aromatic heterocycles. The molecule has 0 radical (unpaired) electrons. The first-order valence-electron chi connectivity index (χ1n) is 6.04. The smallest absolute Gasteiger partial charge is 0.328 e. The molecule has 0 fully saturated rings. The number of hydrogen-bond acceptors (Lipinski definition) is 4. The Morgan fingerprint density at radius 1 is 1.38 bits per heavy atom. The van der Waals surface area contributed by atoms with Gasteiger partial charge in [-0.3, -0.25) is 0 Å². The van der Waals surface area contributed by atoms with Crippen LogP contribution >= 0.6 is 27.3 Å². The van der Waals surface area contributed by atoms with Gasteiger partial charge in [0.1, 0.15) is 6.61 Å². The Labute approximate surface area is 134 Å². The van der Waals surface area contributed by atoms with Crippen LogP contribution < -0.4 is 9.47 Å². The predicted molar refractivity (Wildman–Crippen MR) is 86.0 cm³/mol. The van der Waals surface area contributed by atoms with E-state index in [4.69, 9.17) is 14.6 Å². The van der Waals surface area contributed by atoms with Crippen LogP contribution in [0.1, 0.15) is 10.4 Å². The molecule has 110 valence electrons. The molecule has 0 aliphatic heterocycles. The third-order valence-corrected chi connectivity index (χ3v) is 4.56. The summed E-state index contributed by atoms with van der Waals surface area (Å²) in [6.07, 6.45) is 2.59. The minimum Gasteiger partial charge on any atom is -0.493 e. The number of halogens is 1. The molecule has 0 aliphatic rings. The standard InChI is InChI=1S/C15H13BrO4S/c1-19-13-8-10(3-5-15(17)18)2-4-12(13)20-9-14-11(16)6-7-21-14/h2-8H,9H2,1H3,(H,17,18). The molecule has 6 heteroatoms. The van der Waals surface area contributed by atoms with E-state index >= 15 is 0 Å². The zero-order valence-electron chi connectivity index (χ0n) is 11.2. The first-order valence-corrected chi connectivity index (χ1v) is 7.71. The predicted octanol–water partition coefficient (Wildman–Crippen LogP) is 4.20. The van der Waals surface area contributed by atoms with E-state index in [1.54, 1.807) is 36.6 Å². The van der Waals surface area contributed by atoms with Crippen LogP contribution in [-0.4, -0.2) is 18.2 Å². The molecule has 0 aliphatic carbocycles. The summed E-state index contributed by atoms with van der Waals surface area (Å²) < 4.78 is 12.0. The van der Waals surface area contributed by atoms with Crippen LogP contribution in [0.2, 0.25) is 0 Å². The quantitative estimate of drug-likeness (QED) is 0.776. The van der Waals surface area contributed by atoms with Crippen LogP contribution in [0.15, 0.2) is 40.2 Å². The van der Waals surface area contributed by atoms with Crippen LogP contribution in [0.5, 0.6) is 11.5 Å². The Morgan fingerprint density at radius 2 is 2.19 bits per heavy atom. The molecule has 1 N–H and O–H groups in total. The summed E-state index contributed by atoms with van der Waals surface area (Å²) in [5.74, 6) is 0.192. The van der Waals surface area contributed by atoms with Crippen molar-refractivity contribution in [3.63, 3.8) is 0 Å². The third-order valence-electron chi connectivity index (χ3n) is 2.66. The number of thiophene rings is 1. The molecule has 1 aromatic carbocycles. The van der Waals surface area contributed by atoms with Gasteiger partial charge >= 0.3 is 5.97 Å². The highest BCUT2D eigenvalue weighted by Crippen LogP contribution is 2.31. The summed E-state index contributed by atoms with van der Waals surface area (Å²) >= 11 is 5.06. The van der Waals surface area contributed by atoms with E-state index in [1.807, 2.05) is 11.4 Å². The Bertz CT molecular complexity index is 663. The minimum atomic E-state index is -0.989. The maximum Gasteiger partial charge on any atom is 0.328 e. The van der Waals surface area contributed by atoms with Gasteiger partial charge in [-0.2, -0.15) is 0 Å². The lowest BCUT2D eigenvalue weighted by molar-refractivity contribution is -0.131. The zero-order chi connectivity index (χ0) is 15.2. The van der Waals surface area contributed by atoms with Crippen molar-refractivity contribution >= 4 is 39.3 Å². The molecular formula is C15H13BrO4S. The second kappa shape index (κ2) is 7.28. The van der Waals surface area contributed by atoms with E-state index in [0.29, 0.717) is 18.1 Å². The number of carbonyl (C=O) groups is 1. The average Bonchev–Trinajstić information content (AvgIpc) is 2.88. The molecule has 0 saturated carbocycles. The van der Waals surface area contributed by atoms with Gasteiger partial charge < -0.3 is 14.6 Å². The molecule has 2 rings (SSSR count). The van der Waals surface area contributed by atoms with Crippen molar-refractivity contribution in [2.75, 3.05) is 7.11 Å². The summed E-state index contributed by atoms with van der Waals surface area (Å²) in [7, 11) is 1.55. The molecule has 0 unspecified atom stereocenters. The number of aliphatic carboxylic acids is 1. The molecule has 2 aromatic rings. The largest absolute Gasteiger partial charge is 0.493 e. The van der Waals surface area contributed by atoms with Crippen LogP contribution in [0.25, 0.3) is 6.08 Å². The fourth-order valence-electron chi connectivity index (χ4n) is 1.65. The van der Waals surface area contributed by atoms with Gasteiger partial charge in [0.2, 0.25) is 0 Å². The fraction of sp³-hybridized carbons (Fsp3) is 0.133. The second-order valence-corrected chi connectivity index (χ2v) is 5.92. The van der Waals surface area contributed by atoms with Gasteiger partial charge in [0.25, 0.3) is 0 Å². The van der Waals surface area contributed by atoms with Gasteiger partial charge in [-0.05, 0) is 51.1 Å². The number of benzene rings is 1. The lowest BCUT2D eigenvalue weighted by Gasteiger charge is -2.11. The van der Waals surface area contributed by atoms with Crippen molar-refractivity contribution in [3.05, 3.63) is 50.6 Å². The molecule has 0 atom stereocenters. The van der Waals surface area contributed by atoms with E-state index in [0.717, 1.165) is 21.0 Å². The maximum atomic E-state index is 10.5. The second-order valence-electron chi connectivity index (χ2n) is 4.06. The van der Waals surface area contributed by atoms with E-state index in [-0.39, 0.29) is 0 Å². The first-order chi connectivity index (χ1) is 10.1.